The van der Waals surface area contributed by atoms with Gasteiger partial charge in [0.05, 0.1) is 12.3 Å². The summed E-state index contributed by atoms with van der Waals surface area (Å²) in [6.07, 6.45) is 3.64. The van der Waals surface area contributed by atoms with Gasteiger partial charge >= 0.3 is 5.69 Å². The Hall–Kier alpha value is -4.15. The fraction of sp³-hybridized carbons (Fsp3) is 0.321. The molecule has 10 nitrogen and oxygen atoms in total. The number of ether oxygens (including phenoxy) is 1. The molecule has 4 rings (SSSR count). The number of guanidine groups is 1. The fourth-order valence-electron chi connectivity index (χ4n) is 4.10. The number of fused-ring (bicyclic) bond motifs is 1. The average molecular weight is 517 g/mol. The molecule has 2 aromatic heterocycles. The largest absolute Gasteiger partial charge is 0.494 e. The molecule has 0 fully saturated rings. The lowest BCUT2D eigenvalue weighted by molar-refractivity contribution is 0.281. The van der Waals surface area contributed by atoms with Crippen LogP contribution >= 0.6 is 0 Å². The summed E-state index contributed by atoms with van der Waals surface area (Å²) < 4.78 is 7.48. The van der Waals surface area contributed by atoms with E-state index < -0.39 is 0 Å². The summed E-state index contributed by atoms with van der Waals surface area (Å²) in [5, 5.41) is 14.2. The molecule has 0 aliphatic carbocycles. The van der Waals surface area contributed by atoms with Crippen LogP contribution in [0.1, 0.15) is 18.4 Å². The maximum absolute atomic E-state index is 12.8. The fourth-order valence-corrected chi connectivity index (χ4v) is 4.10. The summed E-state index contributed by atoms with van der Waals surface area (Å²) in [5.74, 6) is 0.805. The monoisotopic (exact) mass is 516 g/mol. The van der Waals surface area contributed by atoms with Gasteiger partial charge in [0.1, 0.15) is 11.4 Å². The van der Waals surface area contributed by atoms with Crippen molar-refractivity contribution in [2.24, 2.45) is 5.73 Å². The zero-order valence-corrected chi connectivity index (χ0v) is 22.0. The molecule has 0 aliphatic heterocycles. The van der Waals surface area contributed by atoms with Crippen LogP contribution < -0.4 is 26.8 Å². The molecule has 0 amide bonds. The van der Waals surface area contributed by atoms with Crippen LogP contribution in [0, 0.1) is 5.41 Å². The molecule has 200 valence electrons. The summed E-state index contributed by atoms with van der Waals surface area (Å²) in [6, 6.07) is 17.8. The Morgan fingerprint density at radius 2 is 1.95 bits per heavy atom. The molecule has 0 aliphatic rings. The first-order valence-corrected chi connectivity index (χ1v) is 12.8. The van der Waals surface area contributed by atoms with Gasteiger partial charge in [-0.2, -0.15) is 4.98 Å². The van der Waals surface area contributed by atoms with Gasteiger partial charge in [-0.05, 0) is 69.4 Å². The van der Waals surface area contributed by atoms with E-state index in [1.807, 2.05) is 60.8 Å². The van der Waals surface area contributed by atoms with Crippen LogP contribution in [0.25, 0.3) is 28.0 Å². The number of hydrogen-bond donors (Lipinski definition) is 5. The Morgan fingerprint density at radius 1 is 1.13 bits per heavy atom. The lowest BCUT2D eigenvalue weighted by atomic mass is 10.1. The number of aromatic amines is 1. The van der Waals surface area contributed by atoms with Crippen molar-refractivity contribution in [1.82, 2.24) is 30.1 Å². The van der Waals surface area contributed by atoms with Crippen molar-refractivity contribution in [2.45, 2.75) is 19.4 Å². The van der Waals surface area contributed by atoms with Gasteiger partial charge in [0, 0.05) is 42.5 Å². The highest BCUT2D eigenvalue weighted by Gasteiger charge is 2.10. The van der Waals surface area contributed by atoms with Gasteiger partial charge in [0.15, 0.2) is 5.96 Å². The molecule has 0 saturated carbocycles. The maximum Gasteiger partial charge on any atom is 0.354 e. The predicted molar refractivity (Wildman–Crippen MR) is 152 cm³/mol. The third kappa shape index (κ3) is 7.44. The van der Waals surface area contributed by atoms with E-state index in [-0.39, 0.29) is 11.6 Å². The van der Waals surface area contributed by atoms with Gasteiger partial charge in [-0.1, -0.05) is 24.3 Å². The van der Waals surface area contributed by atoms with Gasteiger partial charge in [-0.25, -0.2) is 4.79 Å². The number of nitrogens with zero attached hydrogens (tertiary/aromatic N) is 3. The van der Waals surface area contributed by atoms with E-state index >= 15 is 0 Å². The molecule has 2 aromatic carbocycles. The van der Waals surface area contributed by atoms with E-state index in [0.717, 1.165) is 59.6 Å². The van der Waals surface area contributed by atoms with E-state index in [1.54, 1.807) is 4.57 Å². The quantitative estimate of drug-likeness (QED) is 0.105. The minimum atomic E-state index is -0.340. The molecule has 0 spiro atoms. The van der Waals surface area contributed by atoms with Crippen LogP contribution in [-0.2, 0) is 6.54 Å². The molecule has 0 saturated heterocycles. The highest BCUT2D eigenvalue weighted by molar-refractivity contribution is 5.82. The molecule has 6 N–H and O–H groups in total. The molecular weight excluding hydrogens is 480 g/mol. The molecule has 0 radical (unpaired) electrons. The summed E-state index contributed by atoms with van der Waals surface area (Å²) in [4.78, 5) is 22.5. The number of rotatable bonds is 13. The van der Waals surface area contributed by atoms with E-state index in [9.17, 15) is 4.79 Å². The second kappa shape index (κ2) is 12.9. The van der Waals surface area contributed by atoms with Gasteiger partial charge in [0.2, 0.25) is 0 Å². The smallest absolute Gasteiger partial charge is 0.354 e. The van der Waals surface area contributed by atoms with Crippen LogP contribution in [0.3, 0.4) is 0 Å². The van der Waals surface area contributed by atoms with Crippen molar-refractivity contribution in [3.8, 4) is 22.7 Å². The summed E-state index contributed by atoms with van der Waals surface area (Å²) in [6.45, 7) is 3.82. The number of aromatic nitrogens is 3. The second-order valence-electron chi connectivity index (χ2n) is 9.45. The first kappa shape index (κ1) is 26.9. The average Bonchev–Trinajstić information content (AvgIpc) is 3.31. The van der Waals surface area contributed by atoms with E-state index in [4.69, 9.17) is 15.9 Å². The van der Waals surface area contributed by atoms with Gasteiger partial charge in [-0.3, -0.25) is 9.98 Å². The van der Waals surface area contributed by atoms with Crippen molar-refractivity contribution in [3.63, 3.8) is 0 Å². The highest BCUT2D eigenvalue weighted by atomic mass is 16.5. The number of nitrogens with one attached hydrogen (secondary N) is 4. The molecular formula is C28H36N8O2. The number of hydrogen-bond acceptors (Lipinski definition) is 6. The van der Waals surface area contributed by atoms with Crippen LogP contribution in [0.5, 0.6) is 5.75 Å². The second-order valence-corrected chi connectivity index (χ2v) is 9.45. The SMILES string of the molecule is CN(C)CCCOc1cccc(-c2cc3cn(-c4ccc(CNCCCNC(=N)N)cc4)c(=O)nc3[nH]2)c1. The third-order valence-corrected chi connectivity index (χ3v) is 6.06. The van der Waals surface area contributed by atoms with E-state index in [2.05, 4.69) is 39.6 Å². The van der Waals surface area contributed by atoms with Crippen molar-refractivity contribution >= 4 is 17.0 Å². The molecule has 10 heteroatoms. The lowest BCUT2D eigenvalue weighted by Gasteiger charge is -2.10. The lowest BCUT2D eigenvalue weighted by Crippen LogP contribution is -2.32. The van der Waals surface area contributed by atoms with Gasteiger partial charge in [0.25, 0.3) is 0 Å². The summed E-state index contributed by atoms with van der Waals surface area (Å²) in [7, 11) is 4.10. The standard InChI is InChI=1S/C28H36N8O2/c1-35(2)14-5-15-38-24-7-3-6-21(16-24)25-17-22-19-36(28(37)34-26(22)33-25)23-10-8-20(9-11-23)18-31-12-4-13-32-27(29)30/h3,6-11,16-17,19,31H,4-5,12-15,18H2,1-2H3,(H4,29,30,32)(H,33,34,37). The van der Waals surface area contributed by atoms with Crippen molar-refractivity contribution in [2.75, 3.05) is 40.3 Å². The maximum atomic E-state index is 12.8. The minimum absolute atomic E-state index is 0.00942. The summed E-state index contributed by atoms with van der Waals surface area (Å²) in [5.41, 5.74) is 9.21. The van der Waals surface area contributed by atoms with Gasteiger partial charge in [-0.15, -0.1) is 0 Å². The first-order valence-electron chi connectivity index (χ1n) is 12.8. The number of nitrogens with two attached hydrogens (primary N) is 1. The molecule has 0 bridgehead atoms. The molecule has 0 atom stereocenters. The zero-order valence-electron chi connectivity index (χ0n) is 22.0. The van der Waals surface area contributed by atoms with E-state index in [1.165, 1.54) is 0 Å². The highest BCUT2D eigenvalue weighted by Crippen LogP contribution is 2.26. The van der Waals surface area contributed by atoms with Crippen LogP contribution in [0.15, 0.2) is 65.6 Å². The molecule has 0 unspecified atom stereocenters. The first-order chi connectivity index (χ1) is 18.4. The van der Waals surface area contributed by atoms with E-state index in [0.29, 0.717) is 25.3 Å². The topological polar surface area (TPSA) is 137 Å². The normalized spacial score (nSPS) is 11.2. The Morgan fingerprint density at radius 3 is 2.71 bits per heavy atom. The Balaban J connectivity index is 1.42. The van der Waals surface area contributed by atoms with Crippen LogP contribution in [-0.4, -0.2) is 65.7 Å². The van der Waals surface area contributed by atoms with Crippen LogP contribution in [0.2, 0.25) is 0 Å². The van der Waals surface area contributed by atoms with Crippen molar-refractivity contribution < 1.29 is 4.74 Å². The Bertz CT molecular complexity index is 1410. The van der Waals surface area contributed by atoms with Crippen molar-refractivity contribution in [1.29, 1.82) is 5.41 Å². The molecule has 2 heterocycles. The Labute approximate surface area is 222 Å². The predicted octanol–water partition coefficient (Wildman–Crippen LogP) is 2.67. The number of H-pyrrole nitrogens is 1. The minimum Gasteiger partial charge on any atom is -0.494 e. The summed E-state index contributed by atoms with van der Waals surface area (Å²) >= 11 is 0. The molecule has 4 aromatic rings. The van der Waals surface area contributed by atoms with Gasteiger partial charge < -0.3 is 31.0 Å². The zero-order chi connectivity index (χ0) is 26.9. The molecule has 38 heavy (non-hydrogen) atoms. The number of benzene rings is 2. The third-order valence-electron chi connectivity index (χ3n) is 6.06. The van der Waals surface area contributed by atoms with Crippen molar-refractivity contribution in [3.05, 3.63) is 76.8 Å². The van der Waals surface area contributed by atoms with Crippen LogP contribution in [0.4, 0.5) is 0 Å². The Kier molecular flexibility index (Phi) is 9.12.